The van der Waals surface area contributed by atoms with E-state index in [-0.39, 0.29) is 5.41 Å². The zero-order valence-electron chi connectivity index (χ0n) is 7.18. The zero-order valence-corrected chi connectivity index (χ0v) is 7.18. The predicted octanol–water partition coefficient (Wildman–Crippen LogP) is 2.57. The maximum absolute atomic E-state index is 10.8. The number of carbonyl (C=O) groups is 1. The molecule has 0 heterocycles. The van der Waals surface area contributed by atoms with E-state index in [1.54, 1.807) is 0 Å². The summed E-state index contributed by atoms with van der Waals surface area (Å²) in [4.78, 5) is 10.8. The van der Waals surface area contributed by atoms with Crippen molar-refractivity contribution in [3.63, 3.8) is 0 Å². The van der Waals surface area contributed by atoms with E-state index in [0.29, 0.717) is 5.92 Å². The summed E-state index contributed by atoms with van der Waals surface area (Å²) < 4.78 is 0. The number of aldehydes is 1. The van der Waals surface area contributed by atoms with Crippen LogP contribution in [0.4, 0.5) is 0 Å². The van der Waals surface area contributed by atoms with Gasteiger partial charge in [0.2, 0.25) is 0 Å². The van der Waals surface area contributed by atoms with E-state index in [9.17, 15) is 4.79 Å². The van der Waals surface area contributed by atoms with Gasteiger partial charge >= 0.3 is 0 Å². The first-order chi connectivity index (χ1) is 5.23. The Kier molecular flexibility index (Phi) is 2.48. The molecule has 0 radical (unpaired) electrons. The maximum Gasteiger partial charge on any atom is 0.126 e. The molecule has 2 atom stereocenters. The van der Waals surface area contributed by atoms with E-state index in [1.165, 1.54) is 12.8 Å². The summed E-state index contributed by atoms with van der Waals surface area (Å²) in [7, 11) is 0. The molecule has 1 aliphatic rings. The van der Waals surface area contributed by atoms with E-state index in [1.807, 2.05) is 13.0 Å². The molecule has 0 aliphatic heterocycles. The second kappa shape index (κ2) is 3.21. The van der Waals surface area contributed by atoms with Crippen LogP contribution in [0.25, 0.3) is 0 Å². The molecule has 0 N–H and O–H groups in total. The van der Waals surface area contributed by atoms with E-state index in [2.05, 4.69) is 6.58 Å². The Bertz CT molecular complexity index is 162. The van der Waals surface area contributed by atoms with Crippen molar-refractivity contribution in [3.8, 4) is 0 Å². The number of allylic oxidation sites excluding steroid dienone is 1. The Balaban J connectivity index is 2.72. The Morgan fingerprint density at radius 1 is 1.55 bits per heavy atom. The molecular formula is C10H16O. The largest absolute Gasteiger partial charge is 0.303 e. The third kappa shape index (κ3) is 1.52. The van der Waals surface area contributed by atoms with Crippen LogP contribution in [0.2, 0.25) is 0 Å². The van der Waals surface area contributed by atoms with Gasteiger partial charge in [0.1, 0.15) is 6.29 Å². The molecule has 0 bridgehead atoms. The van der Waals surface area contributed by atoms with Crippen LogP contribution >= 0.6 is 0 Å². The monoisotopic (exact) mass is 152 g/mol. The highest BCUT2D eigenvalue weighted by molar-refractivity contribution is 5.60. The lowest BCUT2D eigenvalue weighted by molar-refractivity contribution is -0.118. The van der Waals surface area contributed by atoms with Gasteiger partial charge in [-0.3, -0.25) is 0 Å². The van der Waals surface area contributed by atoms with E-state index in [0.717, 1.165) is 19.1 Å². The van der Waals surface area contributed by atoms with E-state index < -0.39 is 0 Å². The minimum Gasteiger partial charge on any atom is -0.303 e. The molecule has 62 valence electrons. The quantitative estimate of drug-likeness (QED) is 0.439. The van der Waals surface area contributed by atoms with Crippen molar-refractivity contribution in [1.29, 1.82) is 0 Å². The lowest BCUT2D eigenvalue weighted by atomic mass is 9.68. The van der Waals surface area contributed by atoms with Gasteiger partial charge in [0.25, 0.3) is 0 Å². The SMILES string of the molecule is C=C[C@@H]1CCCC[C@@]1(C)C=O. The van der Waals surface area contributed by atoms with Gasteiger partial charge in [0, 0.05) is 5.41 Å². The minimum absolute atomic E-state index is 0.111. The number of hydrogen-bond donors (Lipinski definition) is 0. The fourth-order valence-electron chi connectivity index (χ4n) is 1.92. The fraction of sp³-hybridized carbons (Fsp3) is 0.700. The van der Waals surface area contributed by atoms with Crippen LogP contribution in [0.15, 0.2) is 12.7 Å². The van der Waals surface area contributed by atoms with Crippen molar-refractivity contribution >= 4 is 6.29 Å². The van der Waals surface area contributed by atoms with Crippen molar-refractivity contribution in [3.05, 3.63) is 12.7 Å². The van der Waals surface area contributed by atoms with Crippen LogP contribution < -0.4 is 0 Å². The van der Waals surface area contributed by atoms with E-state index in [4.69, 9.17) is 0 Å². The zero-order chi connectivity index (χ0) is 8.32. The first-order valence-electron chi connectivity index (χ1n) is 4.32. The highest BCUT2D eigenvalue weighted by atomic mass is 16.1. The summed E-state index contributed by atoms with van der Waals surface area (Å²) in [5.41, 5.74) is -0.111. The molecule has 1 rings (SSSR count). The molecule has 0 aromatic rings. The highest BCUT2D eigenvalue weighted by Gasteiger charge is 2.33. The summed E-state index contributed by atoms with van der Waals surface area (Å²) in [6, 6.07) is 0. The Hall–Kier alpha value is -0.590. The topological polar surface area (TPSA) is 17.1 Å². The predicted molar refractivity (Wildman–Crippen MR) is 46.3 cm³/mol. The van der Waals surface area contributed by atoms with Gasteiger partial charge < -0.3 is 4.79 Å². The first kappa shape index (κ1) is 8.51. The molecule has 0 aromatic carbocycles. The smallest absolute Gasteiger partial charge is 0.126 e. The molecule has 0 amide bonds. The van der Waals surface area contributed by atoms with Crippen LogP contribution in [0.1, 0.15) is 32.6 Å². The maximum atomic E-state index is 10.8. The molecule has 11 heavy (non-hydrogen) atoms. The molecule has 1 nitrogen and oxygen atoms in total. The van der Waals surface area contributed by atoms with Crippen LogP contribution in [-0.2, 0) is 4.79 Å². The Morgan fingerprint density at radius 3 is 2.73 bits per heavy atom. The summed E-state index contributed by atoms with van der Waals surface area (Å²) >= 11 is 0. The van der Waals surface area contributed by atoms with Crippen molar-refractivity contribution in [2.24, 2.45) is 11.3 Å². The summed E-state index contributed by atoms with van der Waals surface area (Å²) in [5.74, 6) is 0.411. The second-order valence-corrected chi connectivity index (χ2v) is 3.71. The van der Waals surface area contributed by atoms with Crippen LogP contribution in [-0.4, -0.2) is 6.29 Å². The van der Waals surface area contributed by atoms with Crippen LogP contribution in [0.3, 0.4) is 0 Å². The summed E-state index contributed by atoms with van der Waals surface area (Å²) in [6.45, 7) is 5.82. The van der Waals surface area contributed by atoms with Gasteiger partial charge in [-0.2, -0.15) is 0 Å². The van der Waals surface area contributed by atoms with E-state index >= 15 is 0 Å². The third-order valence-corrected chi connectivity index (χ3v) is 2.88. The summed E-state index contributed by atoms with van der Waals surface area (Å²) in [6.07, 6.45) is 7.66. The number of rotatable bonds is 2. The molecular weight excluding hydrogens is 136 g/mol. The van der Waals surface area contributed by atoms with Crippen LogP contribution in [0.5, 0.6) is 0 Å². The molecule has 1 fully saturated rings. The van der Waals surface area contributed by atoms with Gasteiger partial charge in [0.15, 0.2) is 0 Å². The molecule has 0 aromatic heterocycles. The average Bonchev–Trinajstić information content (AvgIpc) is 2.05. The molecule has 1 heteroatoms. The van der Waals surface area contributed by atoms with Crippen molar-refractivity contribution in [2.75, 3.05) is 0 Å². The molecule has 0 spiro atoms. The summed E-state index contributed by atoms with van der Waals surface area (Å²) in [5, 5.41) is 0. The lowest BCUT2D eigenvalue weighted by Crippen LogP contribution is -2.30. The highest BCUT2D eigenvalue weighted by Crippen LogP contribution is 2.39. The Morgan fingerprint density at radius 2 is 2.27 bits per heavy atom. The average molecular weight is 152 g/mol. The minimum atomic E-state index is -0.111. The standard InChI is InChI=1S/C10H16O/c1-3-9-6-4-5-7-10(9,2)8-11/h3,8-9H,1,4-7H2,2H3/t9-,10+/m1/s1. The fourth-order valence-corrected chi connectivity index (χ4v) is 1.92. The normalized spacial score (nSPS) is 38.1. The number of carbonyl (C=O) groups excluding carboxylic acids is 1. The Labute approximate surface area is 68.5 Å². The van der Waals surface area contributed by atoms with Crippen molar-refractivity contribution < 1.29 is 4.79 Å². The van der Waals surface area contributed by atoms with Gasteiger partial charge in [0.05, 0.1) is 0 Å². The van der Waals surface area contributed by atoms with Crippen molar-refractivity contribution in [1.82, 2.24) is 0 Å². The van der Waals surface area contributed by atoms with Gasteiger partial charge in [-0.25, -0.2) is 0 Å². The molecule has 0 unspecified atom stereocenters. The lowest BCUT2D eigenvalue weighted by Gasteiger charge is -2.35. The van der Waals surface area contributed by atoms with Gasteiger partial charge in [-0.05, 0) is 18.8 Å². The molecule has 0 saturated heterocycles. The van der Waals surface area contributed by atoms with Gasteiger partial charge in [-0.1, -0.05) is 25.8 Å². The first-order valence-corrected chi connectivity index (χ1v) is 4.32. The second-order valence-electron chi connectivity index (χ2n) is 3.71. The number of hydrogen-bond acceptors (Lipinski definition) is 1. The molecule has 1 saturated carbocycles. The third-order valence-electron chi connectivity index (χ3n) is 2.88. The van der Waals surface area contributed by atoms with Crippen LogP contribution in [0, 0.1) is 11.3 Å². The van der Waals surface area contributed by atoms with Crippen molar-refractivity contribution in [2.45, 2.75) is 32.6 Å². The van der Waals surface area contributed by atoms with Gasteiger partial charge in [-0.15, -0.1) is 6.58 Å². The molecule has 1 aliphatic carbocycles.